The molecule has 0 saturated carbocycles. The molecule has 0 bridgehead atoms. The smallest absolute Gasteiger partial charge is 0.229 e. The number of tetrazole rings is 1. The first kappa shape index (κ1) is 16.2. The Morgan fingerprint density at radius 3 is 2.83 bits per heavy atom. The molecule has 0 spiro atoms. The summed E-state index contributed by atoms with van der Waals surface area (Å²) in [6, 6.07) is 6.68. The van der Waals surface area contributed by atoms with Gasteiger partial charge in [0.1, 0.15) is 17.4 Å². The van der Waals surface area contributed by atoms with Gasteiger partial charge in [0.2, 0.25) is 15.8 Å². The van der Waals surface area contributed by atoms with Crippen LogP contribution < -0.4 is 14.8 Å². The molecule has 0 atom stereocenters. The summed E-state index contributed by atoms with van der Waals surface area (Å²) in [7, 11) is -2.00. The summed E-state index contributed by atoms with van der Waals surface area (Å²) in [5.41, 5.74) is 1.07. The number of H-pyrrole nitrogens is 1. The number of nitrogens with one attached hydrogen (secondary N) is 3. The van der Waals surface area contributed by atoms with Crippen LogP contribution in [-0.2, 0) is 10.0 Å². The number of nitriles is 1. The minimum absolute atomic E-state index is 0.155. The van der Waals surface area contributed by atoms with Crippen molar-refractivity contribution in [2.24, 2.45) is 0 Å². The van der Waals surface area contributed by atoms with Gasteiger partial charge in [-0.3, -0.25) is 4.72 Å². The van der Waals surface area contributed by atoms with E-state index in [0.717, 1.165) is 6.26 Å². The standard InChI is InChI=1S/C12H13N7O3S/c1-22-11-5-9(3-4-10(11)17-23(2,20)21)14-7-8(6-13)12-15-18-19-16-12/h3-5,7,14,17H,1-2H3,(H,15,16,18,19). The average Bonchev–Trinajstić information content (AvgIpc) is 3.02. The Morgan fingerprint density at radius 2 is 2.26 bits per heavy atom. The first-order valence-corrected chi connectivity index (χ1v) is 8.08. The maximum atomic E-state index is 11.3. The quantitative estimate of drug-likeness (QED) is 0.649. The SMILES string of the molecule is COc1cc(NC=C(C#N)c2nn[nH]n2)ccc1NS(C)(=O)=O. The molecule has 11 heteroatoms. The highest BCUT2D eigenvalue weighted by Crippen LogP contribution is 2.28. The van der Waals surface area contributed by atoms with Crippen LogP contribution in [0.1, 0.15) is 5.82 Å². The van der Waals surface area contributed by atoms with Crippen molar-refractivity contribution < 1.29 is 13.2 Å². The van der Waals surface area contributed by atoms with Gasteiger partial charge >= 0.3 is 0 Å². The summed E-state index contributed by atoms with van der Waals surface area (Å²) < 4.78 is 30.1. The number of aromatic amines is 1. The van der Waals surface area contributed by atoms with E-state index in [9.17, 15) is 8.42 Å². The highest BCUT2D eigenvalue weighted by Gasteiger charge is 2.09. The van der Waals surface area contributed by atoms with E-state index in [4.69, 9.17) is 10.00 Å². The largest absolute Gasteiger partial charge is 0.494 e. The average molecular weight is 335 g/mol. The van der Waals surface area contributed by atoms with Crippen LogP contribution in [-0.4, -0.2) is 42.4 Å². The second kappa shape index (κ2) is 6.75. The maximum Gasteiger partial charge on any atom is 0.229 e. The number of allylic oxidation sites excluding steroid dienone is 1. The first-order chi connectivity index (χ1) is 10.9. The van der Waals surface area contributed by atoms with Crippen LogP contribution in [0.3, 0.4) is 0 Å². The van der Waals surface area contributed by atoms with Crippen LogP contribution >= 0.6 is 0 Å². The van der Waals surface area contributed by atoms with E-state index in [1.807, 2.05) is 6.07 Å². The fourth-order valence-corrected chi connectivity index (χ4v) is 2.21. The van der Waals surface area contributed by atoms with Crippen LogP contribution in [0.4, 0.5) is 11.4 Å². The van der Waals surface area contributed by atoms with Crippen LogP contribution in [0.2, 0.25) is 0 Å². The minimum atomic E-state index is -3.41. The number of ether oxygens (including phenoxy) is 1. The lowest BCUT2D eigenvalue weighted by Crippen LogP contribution is -2.10. The van der Waals surface area contributed by atoms with Crippen molar-refractivity contribution in [3.63, 3.8) is 0 Å². The fourth-order valence-electron chi connectivity index (χ4n) is 1.64. The molecule has 1 aromatic carbocycles. The lowest BCUT2D eigenvalue weighted by molar-refractivity contribution is 0.417. The monoisotopic (exact) mass is 335 g/mol. The van der Waals surface area contributed by atoms with Crippen LogP contribution in [0.15, 0.2) is 24.4 Å². The van der Waals surface area contributed by atoms with Crippen LogP contribution in [0.5, 0.6) is 5.75 Å². The number of anilines is 2. The van der Waals surface area contributed by atoms with Crippen molar-refractivity contribution in [1.29, 1.82) is 5.26 Å². The summed E-state index contributed by atoms with van der Waals surface area (Å²) in [4.78, 5) is 0. The highest BCUT2D eigenvalue weighted by atomic mass is 32.2. The summed E-state index contributed by atoms with van der Waals surface area (Å²) in [5, 5.41) is 25.0. The normalized spacial score (nSPS) is 11.6. The molecule has 0 amide bonds. The number of benzene rings is 1. The van der Waals surface area contributed by atoms with Crippen molar-refractivity contribution >= 4 is 27.0 Å². The zero-order chi connectivity index (χ0) is 16.9. The molecule has 120 valence electrons. The van der Waals surface area contributed by atoms with Gasteiger partial charge < -0.3 is 10.1 Å². The van der Waals surface area contributed by atoms with Gasteiger partial charge in [0.05, 0.1) is 19.1 Å². The number of nitrogens with zero attached hydrogens (tertiary/aromatic N) is 4. The van der Waals surface area contributed by atoms with Crippen LogP contribution in [0.25, 0.3) is 5.57 Å². The molecule has 0 unspecified atom stereocenters. The summed E-state index contributed by atoms with van der Waals surface area (Å²) in [6.45, 7) is 0. The highest BCUT2D eigenvalue weighted by molar-refractivity contribution is 7.92. The van der Waals surface area contributed by atoms with Crippen LogP contribution in [0, 0.1) is 11.3 Å². The molecule has 1 aromatic heterocycles. The summed E-state index contributed by atoms with van der Waals surface area (Å²) in [5.74, 6) is 0.481. The van der Waals surface area contributed by atoms with Gasteiger partial charge in [-0.25, -0.2) is 8.42 Å². The molecular formula is C12H13N7O3S. The fraction of sp³-hybridized carbons (Fsp3) is 0.167. The lowest BCUT2D eigenvalue weighted by atomic mass is 10.2. The molecule has 23 heavy (non-hydrogen) atoms. The molecule has 10 nitrogen and oxygen atoms in total. The van der Waals surface area contributed by atoms with E-state index < -0.39 is 10.0 Å². The Kier molecular flexibility index (Phi) is 4.77. The van der Waals surface area contributed by atoms with Gasteiger partial charge in [-0.15, -0.1) is 10.2 Å². The van der Waals surface area contributed by atoms with Crippen molar-refractivity contribution in [2.45, 2.75) is 0 Å². The Hall–Kier alpha value is -3.13. The maximum absolute atomic E-state index is 11.3. The van der Waals surface area contributed by atoms with Crippen molar-refractivity contribution in [2.75, 3.05) is 23.4 Å². The Morgan fingerprint density at radius 1 is 1.48 bits per heavy atom. The Balaban J connectivity index is 2.23. The molecule has 0 fully saturated rings. The summed E-state index contributed by atoms with van der Waals surface area (Å²) in [6.07, 6.45) is 2.45. The molecule has 0 aliphatic rings. The van der Waals surface area contributed by atoms with Gasteiger partial charge in [0, 0.05) is 18.0 Å². The molecule has 0 saturated heterocycles. The number of aromatic nitrogens is 4. The molecule has 0 aliphatic heterocycles. The van der Waals surface area contributed by atoms with Gasteiger partial charge in [0.25, 0.3) is 0 Å². The predicted octanol–water partition coefficient (Wildman–Crippen LogP) is 0.556. The number of methoxy groups -OCH3 is 1. The second-order valence-corrected chi connectivity index (χ2v) is 6.09. The topological polar surface area (TPSA) is 146 Å². The zero-order valence-corrected chi connectivity index (χ0v) is 13.0. The van der Waals surface area contributed by atoms with Crippen molar-refractivity contribution in [3.8, 4) is 11.8 Å². The number of rotatable bonds is 6. The van der Waals surface area contributed by atoms with Gasteiger partial charge in [0.15, 0.2) is 0 Å². The molecule has 1 heterocycles. The Bertz CT molecular complexity index is 853. The predicted molar refractivity (Wildman–Crippen MR) is 82.9 cm³/mol. The molecule has 0 aliphatic carbocycles. The van der Waals surface area contributed by atoms with E-state index in [1.165, 1.54) is 19.4 Å². The van der Waals surface area contributed by atoms with E-state index in [2.05, 4.69) is 30.7 Å². The van der Waals surface area contributed by atoms with E-state index >= 15 is 0 Å². The van der Waals surface area contributed by atoms with Gasteiger partial charge in [-0.2, -0.15) is 10.5 Å². The zero-order valence-electron chi connectivity index (χ0n) is 12.2. The van der Waals surface area contributed by atoms with Gasteiger partial charge in [-0.1, -0.05) is 0 Å². The van der Waals surface area contributed by atoms with E-state index in [0.29, 0.717) is 17.1 Å². The minimum Gasteiger partial charge on any atom is -0.494 e. The first-order valence-electron chi connectivity index (χ1n) is 6.19. The molecular weight excluding hydrogens is 322 g/mol. The second-order valence-electron chi connectivity index (χ2n) is 4.34. The van der Waals surface area contributed by atoms with E-state index in [-0.39, 0.29) is 11.4 Å². The number of hydrogen-bond acceptors (Lipinski definition) is 8. The van der Waals surface area contributed by atoms with Crippen molar-refractivity contribution in [1.82, 2.24) is 20.6 Å². The third-order valence-corrected chi connectivity index (χ3v) is 3.18. The lowest BCUT2D eigenvalue weighted by Gasteiger charge is -2.11. The summed E-state index contributed by atoms with van der Waals surface area (Å²) >= 11 is 0. The Labute approximate surface area is 132 Å². The molecule has 2 rings (SSSR count). The van der Waals surface area contributed by atoms with E-state index in [1.54, 1.807) is 12.1 Å². The number of sulfonamides is 1. The molecule has 2 aromatic rings. The molecule has 0 radical (unpaired) electrons. The van der Waals surface area contributed by atoms with Gasteiger partial charge in [-0.05, 0) is 17.3 Å². The molecule has 3 N–H and O–H groups in total. The third kappa shape index (κ3) is 4.42. The van der Waals surface area contributed by atoms with Crippen molar-refractivity contribution in [3.05, 3.63) is 30.2 Å². The third-order valence-electron chi connectivity index (χ3n) is 2.59. The number of hydrogen-bond donors (Lipinski definition) is 3.